The molecule has 29 heavy (non-hydrogen) atoms. The zero-order chi connectivity index (χ0) is 20.7. The monoisotopic (exact) mass is 434 g/mol. The smallest absolute Gasteiger partial charge is 0.262 e. The SMILES string of the molecule is CCOc1ccc(S(=O)(=O)Nc2cccc(OCc3cscn3)c2)cc1OCC. The molecule has 0 aliphatic heterocycles. The van der Waals surface area contributed by atoms with Crippen LogP contribution in [0.1, 0.15) is 19.5 Å². The molecule has 0 radical (unpaired) electrons. The Labute approximate surface area is 174 Å². The Balaban J connectivity index is 1.76. The molecule has 0 spiro atoms. The number of aromatic nitrogens is 1. The first-order chi connectivity index (χ1) is 14.0. The van der Waals surface area contributed by atoms with E-state index in [2.05, 4.69) is 9.71 Å². The normalized spacial score (nSPS) is 11.1. The minimum absolute atomic E-state index is 0.0817. The van der Waals surface area contributed by atoms with Crippen molar-refractivity contribution in [1.82, 2.24) is 4.98 Å². The lowest BCUT2D eigenvalue weighted by Crippen LogP contribution is -2.13. The fraction of sp³-hybridized carbons (Fsp3) is 0.250. The summed E-state index contributed by atoms with van der Waals surface area (Å²) < 4.78 is 44.9. The molecular weight excluding hydrogens is 412 g/mol. The van der Waals surface area contributed by atoms with Crippen molar-refractivity contribution < 1.29 is 22.6 Å². The van der Waals surface area contributed by atoms with E-state index in [9.17, 15) is 8.42 Å². The molecule has 1 aromatic heterocycles. The van der Waals surface area contributed by atoms with Crippen LogP contribution in [0.25, 0.3) is 0 Å². The molecule has 0 fully saturated rings. The average molecular weight is 435 g/mol. The van der Waals surface area contributed by atoms with Crippen molar-refractivity contribution in [3.63, 3.8) is 0 Å². The third kappa shape index (κ3) is 5.61. The molecule has 0 amide bonds. The van der Waals surface area contributed by atoms with Crippen molar-refractivity contribution in [3.8, 4) is 17.2 Å². The number of nitrogens with one attached hydrogen (secondary N) is 1. The van der Waals surface area contributed by atoms with Gasteiger partial charge in [0.25, 0.3) is 10.0 Å². The summed E-state index contributed by atoms with van der Waals surface area (Å²) in [6, 6.07) is 11.3. The lowest BCUT2D eigenvalue weighted by atomic mass is 10.3. The van der Waals surface area contributed by atoms with E-state index in [0.717, 1.165) is 5.69 Å². The highest BCUT2D eigenvalue weighted by Crippen LogP contribution is 2.31. The van der Waals surface area contributed by atoms with Crippen molar-refractivity contribution in [2.45, 2.75) is 25.3 Å². The van der Waals surface area contributed by atoms with E-state index in [1.165, 1.54) is 23.5 Å². The molecule has 9 heteroatoms. The van der Waals surface area contributed by atoms with E-state index in [4.69, 9.17) is 14.2 Å². The largest absolute Gasteiger partial charge is 0.490 e. The molecule has 2 aromatic carbocycles. The number of hydrogen-bond acceptors (Lipinski definition) is 7. The van der Waals surface area contributed by atoms with Crippen LogP contribution in [0.5, 0.6) is 17.2 Å². The van der Waals surface area contributed by atoms with Gasteiger partial charge in [0, 0.05) is 17.5 Å². The molecule has 3 rings (SSSR count). The quantitative estimate of drug-likeness (QED) is 0.511. The summed E-state index contributed by atoms with van der Waals surface area (Å²) >= 11 is 1.49. The maximum absolute atomic E-state index is 12.8. The second kappa shape index (κ2) is 9.62. The van der Waals surface area contributed by atoms with Crippen molar-refractivity contribution in [2.75, 3.05) is 17.9 Å². The number of benzene rings is 2. The summed E-state index contributed by atoms with van der Waals surface area (Å²) in [4.78, 5) is 4.24. The molecule has 1 N–H and O–H groups in total. The fourth-order valence-corrected chi connectivity index (χ4v) is 4.14. The van der Waals surface area contributed by atoms with Crippen LogP contribution in [0, 0.1) is 0 Å². The summed E-state index contributed by atoms with van der Waals surface area (Å²) in [5.74, 6) is 1.43. The zero-order valence-corrected chi connectivity index (χ0v) is 17.8. The highest BCUT2D eigenvalue weighted by molar-refractivity contribution is 7.92. The van der Waals surface area contributed by atoms with Gasteiger partial charge in [-0.15, -0.1) is 11.3 Å². The lowest BCUT2D eigenvalue weighted by molar-refractivity contribution is 0.287. The summed E-state index contributed by atoms with van der Waals surface area (Å²) in [6.07, 6.45) is 0. The zero-order valence-electron chi connectivity index (χ0n) is 16.1. The molecule has 154 valence electrons. The Morgan fingerprint density at radius 1 is 1.00 bits per heavy atom. The van der Waals surface area contributed by atoms with Crippen LogP contribution in [0.3, 0.4) is 0 Å². The predicted octanol–water partition coefficient (Wildman–Crippen LogP) is 4.32. The second-order valence-corrected chi connectivity index (χ2v) is 8.28. The Bertz CT molecular complexity index is 1040. The van der Waals surface area contributed by atoms with Gasteiger partial charge in [-0.25, -0.2) is 13.4 Å². The predicted molar refractivity (Wildman–Crippen MR) is 112 cm³/mol. The molecule has 0 unspecified atom stereocenters. The molecule has 0 atom stereocenters. The number of hydrogen-bond donors (Lipinski definition) is 1. The van der Waals surface area contributed by atoms with Gasteiger partial charge in [0.1, 0.15) is 12.4 Å². The molecule has 0 aliphatic carbocycles. The van der Waals surface area contributed by atoms with Gasteiger partial charge in [0.15, 0.2) is 11.5 Å². The molecule has 0 bridgehead atoms. The van der Waals surface area contributed by atoms with E-state index in [1.807, 2.05) is 19.2 Å². The summed E-state index contributed by atoms with van der Waals surface area (Å²) in [5.41, 5.74) is 2.95. The maximum atomic E-state index is 12.8. The second-order valence-electron chi connectivity index (χ2n) is 5.88. The van der Waals surface area contributed by atoms with Gasteiger partial charge in [-0.1, -0.05) is 6.07 Å². The number of rotatable bonds is 10. The van der Waals surface area contributed by atoms with Crippen LogP contribution in [0.4, 0.5) is 5.69 Å². The van der Waals surface area contributed by atoms with Crippen molar-refractivity contribution in [3.05, 3.63) is 59.0 Å². The van der Waals surface area contributed by atoms with E-state index < -0.39 is 10.0 Å². The van der Waals surface area contributed by atoms with Crippen LogP contribution in [-0.2, 0) is 16.6 Å². The highest BCUT2D eigenvalue weighted by Gasteiger charge is 2.18. The number of thiazole rings is 1. The van der Waals surface area contributed by atoms with Gasteiger partial charge < -0.3 is 14.2 Å². The van der Waals surface area contributed by atoms with Crippen molar-refractivity contribution >= 4 is 27.0 Å². The van der Waals surface area contributed by atoms with Crippen LogP contribution >= 0.6 is 11.3 Å². The van der Waals surface area contributed by atoms with Crippen molar-refractivity contribution in [1.29, 1.82) is 0 Å². The third-order valence-corrected chi connectivity index (χ3v) is 5.80. The van der Waals surface area contributed by atoms with Gasteiger partial charge >= 0.3 is 0 Å². The Morgan fingerprint density at radius 3 is 2.52 bits per heavy atom. The Hall–Kier alpha value is -2.78. The molecule has 0 saturated heterocycles. The minimum Gasteiger partial charge on any atom is -0.490 e. The van der Waals surface area contributed by atoms with Gasteiger partial charge in [-0.2, -0.15) is 0 Å². The molecule has 1 heterocycles. The molecule has 7 nitrogen and oxygen atoms in total. The minimum atomic E-state index is -3.81. The summed E-state index contributed by atoms with van der Waals surface area (Å²) in [7, 11) is -3.81. The first-order valence-electron chi connectivity index (χ1n) is 9.04. The first-order valence-corrected chi connectivity index (χ1v) is 11.5. The number of sulfonamides is 1. The molecular formula is C20H22N2O5S2. The highest BCUT2D eigenvalue weighted by atomic mass is 32.2. The van der Waals surface area contributed by atoms with Crippen LogP contribution in [-0.4, -0.2) is 26.6 Å². The topological polar surface area (TPSA) is 86.8 Å². The van der Waals surface area contributed by atoms with E-state index in [1.54, 1.807) is 35.8 Å². The first kappa shape index (κ1) is 20.9. The van der Waals surface area contributed by atoms with Crippen LogP contribution in [0.2, 0.25) is 0 Å². The van der Waals surface area contributed by atoms with E-state index >= 15 is 0 Å². The van der Waals surface area contributed by atoms with E-state index in [-0.39, 0.29) is 4.90 Å². The summed E-state index contributed by atoms with van der Waals surface area (Å²) in [5, 5.41) is 1.90. The van der Waals surface area contributed by atoms with Gasteiger partial charge in [0.05, 0.1) is 35.0 Å². The van der Waals surface area contributed by atoms with Gasteiger partial charge in [-0.3, -0.25) is 4.72 Å². The number of anilines is 1. The molecule has 3 aromatic rings. The fourth-order valence-electron chi connectivity index (χ4n) is 2.53. The molecule has 0 aliphatic rings. The van der Waals surface area contributed by atoms with Gasteiger partial charge in [0.2, 0.25) is 0 Å². The maximum Gasteiger partial charge on any atom is 0.262 e. The summed E-state index contributed by atoms with van der Waals surface area (Å²) in [6.45, 7) is 4.85. The third-order valence-electron chi connectivity index (χ3n) is 3.78. The standard InChI is InChI=1S/C20H22N2O5S2/c1-3-25-19-9-8-18(11-20(19)26-4-2)29(23,24)22-15-6-5-7-17(10-15)27-12-16-13-28-14-21-16/h5-11,13-14,22H,3-4,12H2,1-2H3. The van der Waals surface area contributed by atoms with Gasteiger partial charge in [-0.05, 0) is 38.1 Å². The lowest BCUT2D eigenvalue weighted by Gasteiger charge is -2.14. The Morgan fingerprint density at radius 2 is 1.79 bits per heavy atom. The van der Waals surface area contributed by atoms with E-state index in [0.29, 0.717) is 42.8 Å². The Kier molecular flexibility index (Phi) is 6.95. The average Bonchev–Trinajstić information content (AvgIpc) is 3.22. The van der Waals surface area contributed by atoms with Crippen LogP contribution < -0.4 is 18.9 Å². The molecule has 0 saturated carbocycles. The number of nitrogens with zero attached hydrogens (tertiary/aromatic N) is 1. The van der Waals surface area contributed by atoms with Crippen molar-refractivity contribution in [2.24, 2.45) is 0 Å². The number of ether oxygens (including phenoxy) is 3. The van der Waals surface area contributed by atoms with Crippen LogP contribution in [0.15, 0.2) is 58.3 Å².